The first-order valence-electron chi connectivity index (χ1n) is 4.12. The summed E-state index contributed by atoms with van der Waals surface area (Å²) >= 11 is 0. The normalized spacial score (nSPS) is 22.0. The van der Waals surface area contributed by atoms with Crippen LogP contribution in [0.5, 0.6) is 0 Å². The number of carbonyl (C=O) groups is 2. The quantitative estimate of drug-likeness (QED) is 0.549. The Morgan fingerprint density at radius 3 is 2.14 bits per heavy atom. The van der Waals surface area contributed by atoms with E-state index in [1.54, 1.807) is 13.8 Å². The van der Waals surface area contributed by atoms with E-state index in [2.05, 4.69) is 0 Å². The van der Waals surface area contributed by atoms with Gasteiger partial charge < -0.3 is 0 Å². The van der Waals surface area contributed by atoms with Crippen molar-refractivity contribution < 1.29 is 18.0 Å². The summed E-state index contributed by atoms with van der Waals surface area (Å²) in [5.41, 5.74) is 0. The molecule has 1 aliphatic rings. The molecule has 6 nitrogen and oxygen atoms in total. The minimum atomic E-state index is -3.93. The maximum atomic E-state index is 11.6. The molecule has 0 N–H and O–H groups in total. The molecule has 80 valence electrons. The van der Waals surface area contributed by atoms with Crippen LogP contribution in [-0.4, -0.2) is 41.9 Å². The summed E-state index contributed by atoms with van der Waals surface area (Å²) in [6, 6.07) is -0.469. The highest BCUT2D eigenvalue weighted by atomic mass is 32.2. The summed E-state index contributed by atoms with van der Waals surface area (Å²) in [6.07, 6.45) is -0.381. The summed E-state index contributed by atoms with van der Waals surface area (Å²) < 4.78 is 24.5. The predicted molar refractivity (Wildman–Crippen MR) is 48.3 cm³/mol. The summed E-state index contributed by atoms with van der Waals surface area (Å²) in [5, 5.41) is 0. The fourth-order valence-electron chi connectivity index (χ4n) is 1.26. The van der Waals surface area contributed by atoms with Crippen LogP contribution < -0.4 is 0 Å². The lowest BCUT2D eigenvalue weighted by molar-refractivity contribution is -0.138. The number of hydrogen-bond donors (Lipinski definition) is 0. The van der Waals surface area contributed by atoms with Crippen molar-refractivity contribution in [2.75, 3.05) is 7.05 Å². The molecule has 14 heavy (non-hydrogen) atoms. The second kappa shape index (κ2) is 3.23. The van der Waals surface area contributed by atoms with Crippen molar-refractivity contribution in [1.29, 1.82) is 0 Å². The van der Waals surface area contributed by atoms with Crippen LogP contribution in [-0.2, 0) is 19.8 Å². The summed E-state index contributed by atoms with van der Waals surface area (Å²) in [6.45, 7) is 3.16. The maximum Gasteiger partial charge on any atom is 0.330 e. The minimum absolute atomic E-state index is 0.381. The van der Waals surface area contributed by atoms with E-state index in [-0.39, 0.29) is 6.42 Å². The third-order valence-corrected chi connectivity index (χ3v) is 3.98. The van der Waals surface area contributed by atoms with Gasteiger partial charge in [-0.1, -0.05) is 0 Å². The number of carbonyl (C=O) groups excluding carboxylic acids is 2. The molecule has 0 aromatic heterocycles. The highest BCUT2D eigenvalue weighted by Gasteiger charge is 2.41. The van der Waals surface area contributed by atoms with Gasteiger partial charge in [0.1, 0.15) is 6.42 Å². The lowest BCUT2D eigenvalue weighted by Crippen LogP contribution is -2.55. The Labute approximate surface area is 82.7 Å². The molecule has 0 unspecified atom stereocenters. The maximum absolute atomic E-state index is 11.6. The minimum Gasteiger partial charge on any atom is -0.273 e. The topological polar surface area (TPSA) is 74.8 Å². The van der Waals surface area contributed by atoms with Crippen molar-refractivity contribution in [3.8, 4) is 0 Å². The molecule has 0 aliphatic carbocycles. The molecule has 1 aliphatic heterocycles. The molecule has 0 atom stereocenters. The molecule has 7 heteroatoms. The molecule has 0 aromatic rings. The fourth-order valence-corrected chi connectivity index (χ4v) is 2.70. The van der Waals surface area contributed by atoms with E-state index in [0.29, 0.717) is 4.31 Å². The molecule has 1 heterocycles. The second-order valence-corrected chi connectivity index (χ2v) is 5.17. The third-order valence-electron chi connectivity index (χ3n) is 1.96. The van der Waals surface area contributed by atoms with Crippen LogP contribution in [0.25, 0.3) is 0 Å². The van der Waals surface area contributed by atoms with Crippen molar-refractivity contribution in [3.05, 3.63) is 0 Å². The van der Waals surface area contributed by atoms with E-state index >= 15 is 0 Å². The van der Waals surface area contributed by atoms with Gasteiger partial charge in [-0.05, 0) is 13.8 Å². The van der Waals surface area contributed by atoms with Gasteiger partial charge >= 0.3 is 10.2 Å². The zero-order chi connectivity index (χ0) is 11.1. The first-order valence-corrected chi connectivity index (χ1v) is 5.52. The lowest BCUT2D eigenvalue weighted by atomic mass is 10.3. The Morgan fingerprint density at radius 2 is 1.71 bits per heavy atom. The van der Waals surface area contributed by atoms with E-state index in [4.69, 9.17) is 0 Å². The Bertz CT molecular complexity index is 373. The van der Waals surface area contributed by atoms with Crippen molar-refractivity contribution in [3.63, 3.8) is 0 Å². The van der Waals surface area contributed by atoms with E-state index in [9.17, 15) is 18.0 Å². The van der Waals surface area contributed by atoms with Crippen molar-refractivity contribution in [2.24, 2.45) is 0 Å². The summed E-state index contributed by atoms with van der Waals surface area (Å²) in [4.78, 5) is 22.4. The van der Waals surface area contributed by atoms with Gasteiger partial charge in [-0.3, -0.25) is 9.59 Å². The first-order chi connectivity index (χ1) is 6.28. The third kappa shape index (κ3) is 1.47. The molecule has 0 spiro atoms. The van der Waals surface area contributed by atoms with Gasteiger partial charge in [-0.2, -0.15) is 8.42 Å². The zero-order valence-corrected chi connectivity index (χ0v) is 9.04. The van der Waals surface area contributed by atoms with Gasteiger partial charge in [0, 0.05) is 13.1 Å². The van der Waals surface area contributed by atoms with Gasteiger partial charge in [0.2, 0.25) is 11.8 Å². The van der Waals surface area contributed by atoms with Crippen LogP contribution in [0.2, 0.25) is 0 Å². The SMILES string of the molecule is CC(C)N1C(=O)CC(=O)N(C)S1(=O)=O. The molecule has 1 saturated heterocycles. The standard InChI is InChI=1S/C7H12N2O4S/c1-5(2)9-7(11)4-6(10)8(3)14(9,12)13/h5H,4H2,1-3H3. The monoisotopic (exact) mass is 220 g/mol. The van der Waals surface area contributed by atoms with Crippen LogP contribution in [0.4, 0.5) is 0 Å². The van der Waals surface area contributed by atoms with Gasteiger partial charge in [-0.25, -0.2) is 8.61 Å². The van der Waals surface area contributed by atoms with Crippen LogP contribution in [0.3, 0.4) is 0 Å². The van der Waals surface area contributed by atoms with E-state index in [1.165, 1.54) is 0 Å². The van der Waals surface area contributed by atoms with Gasteiger partial charge in [0.05, 0.1) is 0 Å². The van der Waals surface area contributed by atoms with E-state index in [1.807, 2.05) is 0 Å². The van der Waals surface area contributed by atoms with E-state index < -0.39 is 28.1 Å². The van der Waals surface area contributed by atoms with E-state index in [0.717, 1.165) is 11.4 Å². The van der Waals surface area contributed by atoms with Crippen molar-refractivity contribution in [1.82, 2.24) is 8.61 Å². The van der Waals surface area contributed by atoms with Crippen LogP contribution in [0.1, 0.15) is 20.3 Å². The fraction of sp³-hybridized carbons (Fsp3) is 0.714. The van der Waals surface area contributed by atoms with Crippen molar-refractivity contribution >= 4 is 22.0 Å². The largest absolute Gasteiger partial charge is 0.330 e. The smallest absolute Gasteiger partial charge is 0.273 e. The highest BCUT2D eigenvalue weighted by Crippen LogP contribution is 2.19. The predicted octanol–water partition coefficient (Wildman–Crippen LogP) is -0.670. The Morgan fingerprint density at radius 1 is 1.21 bits per heavy atom. The molecular weight excluding hydrogens is 208 g/mol. The average molecular weight is 220 g/mol. The Hall–Kier alpha value is -1.11. The summed E-state index contributed by atoms with van der Waals surface area (Å²) in [7, 11) is -2.78. The summed E-state index contributed by atoms with van der Waals surface area (Å²) in [5.74, 6) is -1.35. The van der Waals surface area contributed by atoms with Gasteiger partial charge in [0.15, 0.2) is 0 Å². The first kappa shape index (κ1) is 11.0. The van der Waals surface area contributed by atoms with Crippen LogP contribution in [0, 0.1) is 0 Å². The second-order valence-electron chi connectivity index (χ2n) is 3.33. The Balaban J connectivity index is 3.19. The van der Waals surface area contributed by atoms with Gasteiger partial charge in [-0.15, -0.1) is 0 Å². The number of hydrogen-bond acceptors (Lipinski definition) is 4. The van der Waals surface area contributed by atoms with Crippen LogP contribution >= 0.6 is 0 Å². The number of rotatable bonds is 1. The lowest BCUT2D eigenvalue weighted by Gasteiger charge is -2.34. The molecule has 2 amide bonds. The molecule has 0 radical (unpaired) electrons. The molecule has 0 saturated carbocycles. The molecule has 1 rings (SSSR count). The molecule has 0 aromatic carbocycles. The van der Waals surface area contributed by atoms with Crippen LogP contribution in [0.15, 0.2) is 0 Å². The average Bonchev–Trinajstić information content (AvgIpc) is 1.98. The highest BCUT2D eigenvalue weighted by molar-refractivity contribution is 7.88. The molecular formula is C7H12N2O4S. The Kier molecular flexibility index (Phi) is 2.53. The number of nitrogens with zero attached hydrogens (tertiary/aromatic N) is 2. The zero-order valence-electron chi connectivity index (χ0n) is 8.22. The number of amides is 2. The van der Waals surface area contributed by atoms with Gasteiger partial charge in [0.25, 0.3) is 0 Å². The van der Waals surface area contributed by atoms with Crippen molar-refractivity contribution in [2.45, 2.75) is 26.3 Å². The molecule has 0 bridgehead atoms. The molecule has 1 fully saturated rings.